The van der Waals surface area contributed by atoms with Crippen molar-refractivity contribution in [2.45, 2.75) is 31.6 Å². The molecule has 0 radical (unpaired) electrons. The first-order valence-corrected chi connectivity index (χ1v) is 12.6. The molecule has 0 saturated carbocycles. The fourth-order valence-corrected chi connectivity index (χ4v) is 5.17. The molecule has 1 atom stereocenters. The first kappa shape index (κ1) is 24.7. The second-order valence-corrected chi connectivity index (χ2v) is 9.69. The Labute approximate surface area is 218 Å². The van der Waals surface area contributed by atoms with E-state index in [1.165, 1.54) is 18.2 Å². The van der Waals surface area contributed by atoms with Gasteiger partial charge in [-0.2, -0.15) is 0 Å². The van der Waals surface area contributed by atoms with E-state index in [1.807, 2.05) is 6.07 Å². The van der Waals surface area contributed by atoms with Crippen LogP contribution in [0.25, 0.3) is 22.3 Å². The summed E-state index contributed by atoms with van der Waals surface area (Å²) in [6.07, 6.45) is 2.87. The maximum absolute atomic E-state index is 13.4. The molecule has 7 nitrogen and oxygen atoms in total. The number of carbonyl (C=O) groups is 1. The van der Waals surface area contributed by atoms with Crippen molar-refractivity contribution >= 4 is 28.5 Å². The Hall–Kier alpha value is -3.97. The summed E-state index contributed by atoms with van der Waals surface area (Å²) < 4.78 is 6.18. The zero-order valence-corrected chi connectivity index (χ0v) is 20.7. The number of aromatic hydroxyl groups is 3. The first-order valence-electron chi connectivity index (χ1n) is 12.2. The summed E-state index contributed by atoms with van der Waals surface area (Å²) in [6.45, 7) is 1.30. The van der Waals surface area contributed by atoms with Gasteiger partial charge < -0.3 is 24.6 Å². The fourth-order valence-electron chi connectivity index (χ4n) is 4.98. The molecular formula is C29H26ClNO6. The molecule has 1 saturated heterocycles. The Morgan fingerprint density at radius 1 is 0.919 bits per heavy atom. The van der Waals surface area contributed by atoms with Crippen LogP contribution >= 0.6 is 11.6 Å². The van der Waals surface area contributed by atoms with E-state index in [-0.39, 0.29) is 51.1 Å². The van der Waals surface area contributed by atoms with Crippen molar-refractivity contribution in [1.29, 1.82) is 0 Å². The quantitative estimate of drug-likeness (QED) is 0.309. The third kappa shape index (κ3) is 4.87. The molecule has 1 fully saturated rings. The molecule has 0 unspecified atom stereocenters. The summed E-state index contributed by atoms with van der Waals surface area (Å²) in [7, 11) is 0. The van der Waals surface area contributed by atoms with Crippen LogP contribution in [0.5, 0.6) is 17.2 Å². The summed E-state index contributed by atoms with van der Waals surface area (Å²) >= 11 is 6.22. The number of rotatable bonds is 5. The van der Waals surface area contributed by atoms with Crippen LogP contribution in [-0.2, 0) is 4.79 Å². The Morgan fingerprint density at radius 2 is 1.65 bits per heavy atom. The van der Waals surface area contributed by atoms with Crippen molar-refractivity contribution in [3.63, 3.8) is 0 Å². The molecule has 4 aromatic rings. The summed E-state index contributed by atoms with van der Waals surface area (Å²) in [6, 6.07) is 16.0. The molecule has 37 heavy (non-hydrogen) atoms. The lowest BCUT2D eigenvalue weighted by atomic mass is 9.85. The maximum Gasteiger partial charge on any atom is 0.223 e. The highest BCUT2D eigenvalue weighted by atomic mass is 35.5. The summed E-state index contributed by atoms with van der Waals surface area (Å²) in [5.41, 5.74) is 0.884. The van der Waals surface area contributed by atoms with Gasteiger partial charge in [0.05, 0.1) is 5.02 Å². The summed E-state index contributed by atoms with van der Waals surface area (Å²) in [4.78, 5) is 28.3. The molecule has 0 spiro atoms. The number of hydrogen-bond acceptors (Lipinski definition) is 6. The largest absolute Gasteiger partial charge is 0.507 e. The third-order valence-electron chi connectivity index (χ3n) is 6.87. The van der Waals surface area contributed by atoms with E-state index in [9.17, 15) is 24.9 Å². The molecule has 190 valence electrons. The van der Waals surface area contributed by atoms with Gasteiger partial charge in [-0.1, -0.05) is 48.0 Å². The van der Waals surface area contributed by atoms with Gasteiger partial charge in [0.2, 0.25) is 5.91 Å². The second-order valence-electron chi connectivity index (χ2n) is 9.28. The molecule has 1 aliphatic rings. The number of likely N-dealkylation sites (tertiary alicyclic amines) is 1. The number of nitrogens with zero attached hydrogens (tertiary/aromatic N) is 1. The molecule has 3 aromatic carbocycles. The predicted octanol–water partition coefficient (Wildman–Crippen LogP) is 5.76. The fraction of sp³-hybridized carbons (Fsp3) is 0.241. The van der Waals surface area contributed by atoms with Gasteiger partial charge in [0.25, 0.3) is 0 Å². The van der Waals surface area contributed by atoms with Gasteiger partial charge in [0.1, 0.15) is 34.0 Å². The van der Waals surface area contributed by atoms with Gasteiger partial charge in [-0.25, -0.2) is 0 Å². The minimum Gasteiger partial charge on any atom is -0.507 e. The number of halogens is 1. The standard InChI is InChI=1S/C29H26ClNO6/c30-20-13-18(9-10-21(20)32)19(14-26(36)31-11-5-2-6-12-31)27-22(33)15-23(34)28-24(35)16-25(37-29(27)28)17-7-3-1-4-8-17/h1,3-4,7-10,13,15-16,19,32-34H,2,5-6,11-12,14H2/t19-/m1/s1. The van der Waals surface area contributed by atoms with E-state index in [0.717, 1.165) is 25.3 Å². The first-order chi connectivity index (χ1) is 17.8. The van der Waals surface area contributed by atoms with E-state index in [0.29, 0.717) is 24.2 Å². The molecule has 3 N–H and O–H groups in total. The summed E-state index contributed by atoms with van der Waals surface area (Å²) in [5, 5.41) is 31.7. The van der Waals surface area contributed by atoms with Gasteiger partial charge in [0.15, 0.2) is 5.43 Å². The molecule has 1 amide bonds. The number of hydrogen-bond donors (Lipinski definition) is 3. The second kappa shape index (κ2) is 10.2. The van der Waals surface area contributed by atoms with E-state index >= 15 is 0 Å². The Morgan fingerprint density at radius 3 is 2.35 bits per heavy atom. The number of phenols is 3. The highest BCUT2D eigenvalue weighted by molar-refractivity contribution is 6.32. The van der Waals surface area contributed by atoms with Crippen LogP contribution in [0.3, 0.4) is 0 Å². The molecule has 1 aliphatic heterocycles. The SMILES string of the molecule is O=C(C[C@H](c1ccc(O)c(Cl)c1)c1c(O)cc(O)c2c(=O)cc(-c3ccccc3)oc12)N1CCCCC1. The Balaban J connectivity index is 1.73. The molecule has 0 bridgehead atoms. The molecule has 8 heteroatoms. The van der Waals surface area contributed by atoms with Crippen molar-refractivity contribution in [3.8, 4) is 28.6 Å². The molecular weight excluding hydrogens is 494 g/mol. The highest BCUT2D eigenvalue weighted by Gasteiger charge is 2.30. The van der Waals surface area contributed by atoms with Crippen molar-refractivity contribution in [1.82, 2.24) is 4.90 Å². The average Bonchev–Trinajstić information content (AvgIpc) is 2.90. The number of benzene rings is 3. The van der Waals surface area contributed by atoms with Crippen molar-refractivity contribution in [2.75, 3.05) is 13.1 Å². The third-order valence-corrected chi connectivity index (χ3v) is 7.17. The van der Waals surface area contributed by atoms with Gasteiger partial charge in [0, 0.05) is 48.7 Å². The van der Waals surface area contributed by atoms with Crippen LogP contribution in [0.1, 0.15) is 42.7 Å². The molecule has 0 aliphatic carbocycles. The number of amides is 1. The molecule has 2 heterocycles. The van der Waals surface area contributed by atoms with Gasteiger partial charge in [-0.15, -0.1) is 0 Å². The number of fused-ring (bicyclic) bond motifs is 1. The minimum atomic E-state index is -0.773. The molecule has 5 rings (SSSR count). The zero-order valence-electron chi connectivity index (χ0n) is 20.0. The van der Waals surface area contributed by atoms with Crippen LogP contribution in [0.2, 0.25) is 5.02 Å². The number of phenolic OH excluding ortho intramolecular Hbond substituents is 3. The maximum atomic E-state index is 13.4. The van der Waals surface area contributed by atoms with Gasteiger partial charge in [-0.05, 0) is 37.0 Å². The van der Waals surface area contributed by atoms with Crippen LogP contribution in [0.4, 0.5) is 0 Å². The van der Waals surface area contributed by atoms with Crippen LogP contribution in [0, 0.1) is 0 Å². The van der Waals surface area contributed by atoms with Crippen molar-refractivity contribution in [2.24, 2.45) is 0 Å². The lowest BCUT2D eigenvalue weighted by molar-refractivity contribution is -0.132. The zero-order chi connectivity index (χ0) is 26.1. The smallest absolute Gasteiger partial charge is 0.223 e. The lowest BCUT2D eigenvalue weighted by Crippen LogP contribution is -2.36. The van der Waals surface area contributed by atoms with Crippen LogP contribution in [-0.4, -0.2) is 39.2 Å². The van der Waals surface area contributed by atoms with Crippen molar-refractivity contribution < 1.29 is 24.5 Å². The number of piperidine rings is 1. The number of carbonyl (C=O) groups excluding carboxylic acids is 1. The molecule has 1 aromatic heterocycles. The lowest BCUT2D eigenvalue weighted by Gasteiger charge is -2.29. The predicted molar refractivity (Wildman–Crippen MR) is 141 cm³/mol. The van der Waals surface area contributed by atoms with Gasteiger partial charge in [-0.3, -0.25) is 9.59 Å². The Bertz CT molecular complexity index is 1530. The van der Waals surface area contributed by atoms with Crippen molar-refractivity contribution in [3.05, 3.63) is 87.0 Å². The highest BCUT2D eigenvalue weighted by Crippen LogP contribution is 2.44. The van der Waals surface area contributed by atoms with Crippen LogP contribution < -0.4 is 5.43 Å². The average molecular weight is 520 g/mol. The normalized spacial score (nSPS) is 14.6. The van der Waals surface area contributed by atoms with E-state index in [1.54, 1.807) is 35.2 Å². The van der Waals surface area contributed by atoms with Gasteiger partial charge >= 0.3 is 0 Å². The van der Waals surface area contributed by atoms with Crippen LogP contribution in [0.15, 0.2) is 69.9 Å². The van der Waals surface area contributed by atoms with E-state index in [2.05, 4.69) is 0 Å². The van der Waals surface area contributed by atoms with E-state index in [4.69, 9.17) is 16.0 Å². The Kier molecular flexibility index (Phi) is 6.80. The summed E-state index contributed by atoms with van der Waals surface area (Å²) in [5.74, 6) is -1.49. The minimum absolute atomic E-state index is 0.00973. The van der Waals surface area contributed by atoms with E-state index < -0.39 is 17.1 Å². The monoisotopic (exact) mass is 519 g/mol. The topological polar surface area (TPSA) is 111 Å².